The van der Waals surface area contributed by atoms with Crippen molar-refractivity contribution in [3.8, 4) is 5.75 Å². The molecule has 1 aromatic rings. The van der Waals surface area contributed by atoms with Gasteiger partial charge in [0, 0.05) is 5.56 Å². The zero-order valence-corrected chi connectivity index (χ0v) is 13.0. The molecule has 104 valence electrons. The van der Waals surface area contributed by atoms with Gasteiger partial charge in [-0.2, -0.15) is 0 Å². The van der Waals surface area contributed by atoms with E-state index in [-0.39, 0.29) is 12.4 Å². The van der Waals surface area contributed by atoms with Gasteiger partial charge in [0.25, 0.3) is 0 Å². The Hall–Kier alpha value is -1.36. The van der Waals surface area contributed by atoms with Gasteiger partial charge in [-0.05, 0) is 54.9 Å². The molecule has 0 N–H and O–H groups in total. The first kappa shape index (κ1) is 15.7. The Morgan fingerprint density at radius 2 is 1.89 bits per heavy atom. The normalized spacial score (nSPS) is 11.0. The van der Waals surface area contributed by atoms with E-state index in [1.54, 1.807) is 39.0 Å². The third kappa shape index (κ3) is 4.35. The van der Waals surface area contributed by atoms with Crippen molar-refractivity contribution in [2.75, 3.05) is 13.7 Å². The highest BCUT2D eigenvalue weighted by molar-refractivity contribution is 9.10. The number of rotatable bonds is 4. The van der Waals surface area contributed by atoms with Crippen molar-refractivity contribution in [2.24, 2.45) is 5.41 Å². The highest BCUT2D eigenvalue weighted by Crippen LogP contribution is 2.25. The van der Waals surface area contributed by atoms with Crippen LogP contribution in [-0.2, 0) is 9.53 Å². The molecule has 0 aliphatic rings. The third-order valence-electron chi connectivity index (χ3n) is 2.42. The van der Waals surface area contributed by atoms with E-state index in [9.17, 15) is 9.59 Å². The highest BCUT2D eigenvalue weighted by atomic mass is 79.9. The summed E-state index contributed by atoms with van der Waals surface area (Å²) in [7, 11) is 1.52. The number of halogens is 1. The lowest BCUT2D eigenvalue weighted by Gasteiger charge is -2.16. The summed E-state index contributed by atoms with van der Waals surface area (Å²) >= 11 is 3.31. The van der Waals surface area contributed by atoms with E-state index in [2.05, 4.69) is 15.9 Å². The van der Waals surface area contributed by atoms with Crippen LogP contribution in [-0.4, -0.2) is 25.5 Å². The van der Waals surface area contributed by atoms with Gasteiger partial charge in [-0.1, -0.05) is 0 Å². The van der Waals surface area contributed by atoms with Gasteiger partial charge in [0.05, 0.1) is 17.0 Å². The van der Waals surface area contributed by atoms with Crippen LogP contribution in [0.1, 0.15) is 31.1 Å². The Balaban J connectivity index is 2.72. The molecule has 0 amide bonds. The zero-order valence-electron chi connectivity index (χ0n) is 11.5. The Bertz CT molecular complexity index is 489. The van der Waals surface area contributed by atoms with E-state index in [1.807, 2.05) is 0 Å². The fourth-order valence-corrected chi connectivity index (χ4v) is 1.67. The van der Waals surface area contributed by atoms with E-state index >= 15 is 0 Å². The Labute approximate surface area is 121 Å². The van der Waals surface area contributed by atoms with E-state index in [0.29, 0.717) is 11.3 Å². The number of carbonyl (C=O) groups is 2. The quantitative estimate of drug-likeness (QED) is 0.629. The van der Waals surface area contributed by atoms with Crippen LogP contribution in [0, 0.1) is 5.41 Å². The topological polar surface area (TPSA) is 52.6 Å². The van der Waals surface area contributed by atoms with Crippen molar-refractivity contribution in [1.82, 2.24) is 0 Å². The SMILES string of the molecule is COc1cc(C(=O)COC(=O)C(C)(C)C)ccc1Br. The molecular formula is C14H17BrO4. The molecular weight excluding hydrogens is 312 g/mol. The Kier molecular flexibility index (Phi) is 5.11. The maximum absolute atomic E-state index is 11.9. The third-order valence-corrected chi connectivity index (χ3v) is 3.07. The van der Waals surface area contributed by atoms with Gasteiger partial charge >= 0.3 is 5.97 Å². The molecule has 4 nitrogen and oxygen atoms in total. The molecule has 0 saturated heterocycles. The Morgan fingerprint density at radius 3 is 2.42 bits per heavy atom. The summed E-state index contributed by atoms with van der Waals surface area (Å²) in [6.45, 7) is 4.95. The second-order valence-electron chi connectivity index (χ2n) is 5.10. The molecule has 5 heteroatoms. The number of hydrogen-bond acceptors (Lipinski definition) is 4. The number of benzene rings is 1. The smallest absolute Gasteiger partial charge is 0.311 e. The van der Waals surface area contributed by atoms with Crippen LogP contribution in [0.15, 0.2) is 22.7 Å². The summed E-state index contributed by atoms with van der Waals surface area (Å²) < 4.78 is 10.9. The van der Waals surface area contributed by atoms with Gasteiger partial charge in [-0.25, -0.2) is 0 Å². The molecule has 19 heavy (non-hydrogen) atoms. The summed E-state index contributed by atoms with van der Waals surface area (Å²) in [5.41, 5.74) is -0.167. The standard InChI is InChI=1S/C14H17BrO4/c1-14(2,3)13(17)19-8-11(16)9-5-6-10(15)12(7-9)18-4/h5-7H,8H2,1-4H3. The van der Waals surface area contributed by atoms with Crippen LogP contribution >= 0.6 is 15.9 Å². The van der Waals surface area contributed by atoms with Crippen LogP contribution < -0.4 is 4.74 Å². The summed E-state index contributed by atoms with van der Waals surface area (Å²) in [5, 5.41) is 0. The van der Waals surface area contributed by atoms with Crippen LogP contribution in [0.5, 0.6) is 5.75 Å². The summed E-state index contributed by atoms with van der Waals surface area (Å²) in [6, 6.07) is 4.98. The lowest BCUT2D eigenvalue weighted by atomic mass is 9.97. The van der Waals surface area contributed by atoms with Crippen LogP contribution in [0.2, 0.25) is 0 Å². The lowest BCUT2D eigenvalue weighted by Crippen LogP contribution is -2.25. The molecule has 0 aromatic heterocycles. The molecule has 0 spiro atoms. The summed E-state index contributed by atoms with van der Waals surface area (Å²) in [6.07, 6.45) is 0. The van der Waals surface area contributed by atoms with Crippen molar-refractivity contribution in [3.05, 3.63) is 28.2 Å². The minimum atomic E-state index is -0.613. The van der Waals surface area contributed by atoms with E-state index in [0.717, 1.165) is 4.47 Å². The molecule has 0 fully saturated rings. The van der Waals surface area contributed by atoms with Gasteiger partial charge in [0.2, 0.25) is 0 Å². The Morgan fingerprint density at radius 1 is 1.26 bits per heavy atom. The van der Waals surface area contributed by atoms with Gasteiger partial charge in [-0.3, -0.25) is 9.59 Å². The predicted molar refractivity (Wildman–Crippen MR) is 75.4 cm³/mol. The number of esters is 1. The fraction of sp³-hybridized carbons (Fsp3) is 0.429. The average Bonchev–Trinajstić information content (AvgIpc) is 2.34. The first-order valence-electron chi connectivity index (χ1n) is 5.79. The molecule has 1 aromatic carbocycles. The van der Waals surface area contributed by atoms with E-state index in [1.165, 1.54) is 7.11 Å². The maximum atomic E-state index is 11.9. The van der Waals surface area contributed by atoms with Crippen molar-refractivity contribution in [1.29, 1.82) is 0 Å². The molecule has 0 aliphatic carbocycles. The molecule has 0 radical (unpaired) electrons. The number of ketones is 1. The second-order valence-corrected chi connectivity index (χ2v) is 5.95. The maximum Gasteiger partial charge on any atom is 0.311 e. The monoisotopic (exact) mass is 328 g/mol. The van der Waals surface area contributed by atoms with Crippen molar-refractivity contribution in [2.45, 2.75) is 20.8 Å². The van der Waals surface area contributed by atoms with Crippen LogP contribution in [0.4, 0.5) is 0 Å². The molecule has 0 bridgehead atoms. The number of carbonyl (C=O) groups excluding carboxylic acids is 2. The molecule has 0 aliphatic heterocycles. The van der Waals surface area contributed by atoms with Crippen LogP contribution in [0.3, 0.4) is 0 Å². The molecule has 0 atom stereocenters. The van der Waals surface area contributed by atoms with Gasteiger partial charge in [0.15, 0.2) is 12.4 Å². The molecule has 0 unspecified atom stereocenters. The number of Topliss-reactive ketones (excluding diaryl/α,β-unsaturated/α-hetero) is 1. The first-order valence-corrected chi connectivity index (χ1v) is 6.59. The predicted octanol–water partition coefficient (Wildman–Crippen LogP) is 3.23. The minimum Gasteiger partial charge on any atom is -0.496 e. The van der Waals surface area contributed by atoms with Crippen molar-refractivity contribution >= 4 is 27.7 Å². The summed E-state index contributed by atoms with van der Waals surface area (Å²) in [5.74, 6) is -0.0960. The number of methoxy groups -OCH3 is 1. The van der Waals surface area contributed by atoms with E-state index in [4.69, 9.17) is 9.47 Å². The average molecular weight is 329 g/mol. The van der Waals surface area contributed by atoms with Gasteiger partial charge in [0.1, 0.15) is 5.75 Å². The highest BCUT2D eigenvalue weighted by Gasteiger charge is 2.24. The number of hydrogen-bond donors (Lipinski definition) is 0. The molecule has 0 saturated carbocycles. The minimum absolute atomic E-state index is 0.261. The van der Waals surface area contributed by atoms with Crippen LogP contribution in [0.25, 0.3) is 0 Å². The second kappa shape index (κ2) is 6.19. The fourth-order valence-electron chi connectivity index (χ4n) is 1.26. The van der Waals surface area contributed by atoms with E-state index < -0.39 is 11.4 Å². The lowest BCUT2D eigenvalue weighted by molar-refractivity contribution is -0.151. The van der Waals surface area contributed by atoms with Gasteiger partial charge < -0.3 is 9.47 Å². The number of ether oxygens (including phenoxy) is 2. The summed E-state index contributed by atoms with van der Waals surface area (Å²) in [4.78, 5) is 23.5. The van der Waals surface area contributed by atoms with Crippen molar-refractivity contribution in [3.63, 3.8) is 0 Å². The molecule has 1 rings (SSSR count). The van der Waals surface area contributed by atoms with Gasteiger partial charge in [-0.15, -0.1) is 0 Å². The molecule has 0 heterocycles. The van der Waals surface area contributed by atoms with Crippen molar-refractivity contribution < 1.29 is 19.1 Å². The largest absolute Gasteiger partial charge is 0.496 e. The first-order chi connectivity index (χ1) is 8.75. The zero-order chi connectivity index (χ0) is 14.6.